The molecule has 1 aliphatic carbocycles. The Balaban J connectivity index is 1.82. The van der Waals surface area contributed by atoms with Crippen molar-refractivity contribution in [2.45, 2.75) is 51.4 Å². The third-order valence-electron chi connectivity index (χ3n) is 4.45. The maximum Gasteiger partial charge on any atom is 0.435 e. The van der Waals surface area contributed by atoms with Crippen molar-refractivity contribution in [3.8, 4) is 5.75 Å². The van der Waals surface area contributed by atoms with Crippen LogP contribution in [0.2, 0.25) is 0 Å². The van der Waals surface area contributed by atoms with Gasteiger partial charge in [-0.2, -0.15) is 27.1 Å². The molecule has 1 aromatic heterocycles. The minimum absolute atomic E-state index is 0.00194. The molecule has 0 spiro atoms. The second-order valence-corrected chi connectivity index (χ2v) is 6.41. The summed E-state index contributed by atoms with van der Waals surface area (Å²) in [6, 6.07) is 5.58. The summed E-state index contributed by atoms with van der Waals surface area (Å²) < 4.78 is 70.3. The molecule has 10 heteroatoms. The Morgan fingerprint density at radius 2 is 1.89 bits per heavy atom. The van der Waals surface area contributed by atoms with Crippen molar-refractivity contribution in [3.05, 3.63) is 41.2 Å². The molecule has 1 aliphatic rings. The zero-order chi connectivity index (χ0) is 20.3. The first kappa shape index (κ1) is 20.1. The number of aromatic nitrogens is 2. The zero-order valence-corrected chi connectivity index (χ0v) is 14.7. The molecule has 0 aliphatic heterocycles. The molecule has 3 rings (SSSR count). The number of para-hydroxylation sites is 2. The first-order valence-corrected chi connectivity index (χ1v) is 8.75. The Morgan fingerprint density at radius 1 is 1.18 bits per heavy atom. The maximum absolute atomic E-state index is 13.3. The van der Waals surface area contributed by atoms with E-state index in [4.69, 9.17) is 0 Å². The Morgan fingerprint density at radius 3 is 2.61 bits per heavy atom. The van der Waals surface area contributed by atoms with Gasteiger partial charge in [0, 0.05) is 11.3 Å². The number of halogens is 5. The molecular weight excluding hydrogens is 385 g/mol. The van der Waals surface area contributed by atoms with E-state index < -0.39 is 30.9 Å². The van der Waals surface area contributed by atoms with Gasteiger partial charge >= 0.3 is 12.8 Å². The molecule has 1 heterocycles. The fraction of sp³-hybridized carbons (Fsp3) is 0.444. The lowest BCUT2D eigenvalue weighted by Crippen LogP contribution is -2.22. The Bertz CT molecular complexity index is 848. The molecule has 0 radical (unpaired) electrons. The average Bonchev–Trinajstić information content (AvgIpc) is 2.78. The van der Waals surface area contributed by atoms with E-state index in [0.717, 1.165) is 11.1 Å². The predicted molar refractivity (Wildman–Crippen MR) is 90.2 cm³/mol. The minimum atomic E-state index is -4.60. The zero-order valence-electron chi connectivity index (χ0n) is 14.7. The molecule has 152 valence electrons. The molecule has 1 amide bonds. The van der Waals surface area contributed by atoms with E-state index in [1.54, 1.807) is 0 Å². The van der Waals surface area contributed by atoms with Gasteiger partial charge in [0.2, 0.25) is 5.91 Å². The number of fused-ring (bicyclic) bond motifs is 1. The summed E-state index contributed by atoms with van der Waals surface area (Å²) in [6.45, 7) is -3.53. The van der Waals surface area contributed by atoms with Crippen molar-refractivity contribution in [3.63, 3.8) is 0 Å². The van der Waals surface area contributed by atoms with Gasteiger partial charge in [-0.25, -0.2) is 0 Å². The van der Waals surface area contributed by atoms with Crippen LogP contribution in [0.1, 0.15) is 36.2 Å². The van der Waals surface area contributed by atoms with Crippen molar-refractivity contribution in [1.82, 2.24) is 9.78 Å². The summed E-state index contributed by atoms with van der Waals surface area (Å²) in [5, 5.41) is 6.03. The molecule has 28 heavy (non-hydrogen) atoms. The number of alkyl halides is 5. The molecule has 0 atom stereocenters. The van der Waals surface area contributed by atoms with E-state index in [1.165, 1.54) is 24.3 Å². The maximum atomic E-state index is 13.3. The van der Waals surface area contributed by atoms with Crippen molar-refractivity contribution < 1.29 is 31.5 Å². The number of rotatable bonds is 5. The topological polar surface area (TPSA) is 56.2 Å². The van der Waals surface area contributed by atoms with Gasteiger partial charge < -0.3 is 10.1 Å². The predicted octanol–water partition coefficient (Wildman–Crippen LogP) is 4.41. The van der Waals surface area contributed by atoms with Crippen LogP contribution in [0.3, 0.4) is 0 Å². The number of ether oxygens (including phenoxy) is 1. The van der Waals surface area contributed by atoms with Gasteiger partial charge in [0.25, 0.3) is 0 Å². The lowest BCUT2D eigenvalue weighted by molar-refractivity contribution is -0.142. The van der Waals surface area contributed by atoms with Gasteiger partial charge in [0.1, 0.15) is 12.3 Å². The fourth-order valence-corrected chi connectivity index (χ4v) is 3.30. The Labute approximate surface area is 157 Å². The molecule has 5 nitrogen and oxygen atoms in total. The largest absolute Gasteiger partial charge is 0.435 e. The number of hydrogen-bond acceptors (Lipinski definition) is 3. The van der Waals surface area contributed by atoms with Gasteiger partial charge in [-0.3, -0.25) is 9.48 Å². The summed E-state index contributed by atoms with van der Waals surface area (Å²) in [4.78, 5) is 12.4. The molecule has 0 unspecified atom stereocenters. The van der Waals surface area contributed by atoms with E-state index in [0.29, 0.717) is 25.0 Å². The van der Waals surface area contributed by atoms with Crippen molar-refractivity contribution in [2.24, 2.45) is 0 Å². The number of hydrogen-bond donors (Lipinski definition) is 1. The standard InChI is InChI=1S/C18H18F5N3O2/c19-17(20)28-14-9-5-4-7-12(14)24-15(27)10-26-13-8-3-1-2-6-11(13)16(25-26)18(21,22)23/h4-5,7,9,17H,1-3,6,8,10H2,(H,24,27). The summed E-state index contributed by atoms with van der Waals surface area (Å²) in [6.07, 6.45) is -1.80. The van der Waals surface area contributed by atoms with Gasteiger partial charge in [0.05, 0.1) is 5.69 Å². The first-order valence-electron chi connectivity index (χ1n) is 8.75. The second-order valence-electron chi connectivity index (χ2n) is 6.41. The third kappa shape index (κ3) is 4.60. The molecule has 0 saturated carbocycles. The quantitative estimate of drug-likeness (QED) is 0.594. The van der Waals surface area contributed by atoms with Crippen LogP contribution in [-0.4, -0.2) is 22.3 Å². The van der Waals surface area contributed by atoms with Gasteiger partial charge in [-0.1, -0.05) is 18.6 Å². The smallest absolute Gasteiger partial charge is 0.433 e. The average molecular weight is 403 g/mol. The Hall–Kier alpha value is -2.65. The fourth-order valence-electron chi connectivity index (χ4n) is 3.30. The van der Waals surface area contributed by atoms with E-state index in [9.17, 15) is 26.7 Å². The van der Waals surface area contributed by atoms with Crippen LogP contribution in [0.5, 0.6) is 5.75 Å². The van der Waals surface area contributed by atoms with Crippen molar-refractivity contribution in [1.29, 1.82) is 0 Å². The lowest BCUT2D eigenvalue weighted by atomic mass is 10.1. The molecule has 1 N–H and O–H groups in total. The van der Waals surface area contributed by atoms with Crippen LogP contribution in [0.15, 0.2) is 24.3 Å². The molecule has 2 aromatic rings. The van der Waals surface area contributed by atoms with Crippen LogP contribution in [0.4, 0.5) is 27.6 Å². The highest BCUT2D eigenvalue weighted by Crippen LogP contribution is 2.35. The van der Waals surface area contributed by atoms with Gasteiger partial charge in [-0.15, -0.1) is 0 Å². The normalized spacial score (nSPS) is 14.5. The van der Waals surface area contributed by atoms with E-state index in [2.05, 4.69) is 15.2 Å². The van der Waals surface area contributed by atoms with Crippen molar-refractivity contribution >= 4 is 11.6 Å². The SMILES string of the molecule is O=C(Cn1nc(C(F)(F)F)c2c1CCCCC2)Nc1ccccc1OC(F)F. The van der Waals surface area contributed by atoms with E-state index in [1.807, 2.05) is 0 Å². The van der Waals surface area contributed by atoms with Crippen LogP contribution < -0.4 is 10.1 Å². The second kappa shape index (κ2) is 8.15. The highest BCUT2D eigenvalue weighted by atomic mass is 19.4. The molecule has 0 saturated heterocycles. The number of nitrogens with zero attached hydrogens (tertiary/aromatic N) is 2. The highest BCUT2D eigenvalue weighted by molar-refractivity contribution is 5.92. The van der Waals surface area contributed by atoms with E-state index >= 15 is 0 Å². The summed E-state index contributed by atoms with van der Waals surface area (Å²) in [7, 11) is 0. The van der Waals surface area contributed by atoms with E-state index in [-0.39, 0.29) is 23.4 Å². The number of amides is 1. The molecule has 0 bridgehead atoms. The molecule has 0 fully saturated rings. The molecular formula is C18H18F5N3O2. The van der Waals surface area contributed by atoms with Crippen LogP contribution in [0.25, 0.3) is 0 Å². The highest BCUT2D eigenvalue weighted by Gasteiger charge is 2.39. The van der Waals surface area contributed by atoms with Gasteiger partial charge in [0.15, 0.2) is 5.69 Å². The minimum Gasteiger partial charge on any atom is -0.433 e. The number of benzene rings is 1. The monoisotopic (exact) mass is 403 g/mol. The Kier molecular flexibility index (Phi) is 5.85. The number of carbonyl (C=O) groups is 1. The third-order valence-corrected chi connectivity index (χ3v) is 4.45. The summed E-state index contributed by atoms with van der Waals surface area (Å²) in [5.74, 6) is -0.922. The number of nitrogens with one attached hydrogen (secondary N) is 1. The number of anilines is 1. The first-order chi connectivity index (χ1) is 13.3. The van der Waals surface area contributed by atoms with Crippen LogP contribution >= 0.6 is 0 Å². The summed E-state index contributed by atoms with van der Waals surface area (Å²) >= 11 is 0. The lowest BCUT2D eigenvalue weighted by Gasteiger charge is -2.12. The summed E-state index contributed by atoms with van der Waals surface area (Å²) in [5.41, 5.74) is -0.419. The van der Waals surface area contributed by atoms with Crippen LogP contribution in [0, 0.1) is 0 Å². The van der Waals surface area contributed by atoms with Gasteiger partial charge in [-0.05, 0) is 37.8 Å². The van der Waals surface area contributed by atoms with Crippen LogP contribution in [-0.2, 0) is 30.4 Å². The van der Waals surface area contributed by atoms with Crippen molar-refractivity contribution in [2.75, 3.05) is 5.32 Å². The molecule has 1 aromatic carbocycles. The number of carbonyl (C=O) groups excluding carboxylic acids is 1.